The minimum atomic E-state index is -2.35. The van der Waals surface area contributed by atoms with E-state index >= 15 is 0 Å². The van der Waals surface area contributed by atoms with Crippen molar-refractivity contribution in [3.63, 3.8) is 0 Å². The lowest BCUT2D eigenvalue weighted by atomic mass is 10.9. The van der Waals surface area contributed by atoms with Crippen molar-refractivity contribution in [1.82, 2.24) is 0 Å². The molecule has 0 N–H and O–H groups in total. The number of aliphatic imine (C=N–C) groups is 3. The fraction of sp³-hybridized carbons (Fsp3) is 0.500. The van der Waals surface area contributed by atoms with E-state index in [2.05, 4.69) is 15.0 Å². The van der Waals surface area contributed by atoms with Crippen molar-refractivity contribution in [1.29, 1.82) is 0 Å². The summed E-state index contributed by atoms with van der Waals surface area (Å²) in [4.78, 5) is 12.0. The molecule has 0 unspecified atom stereocenters. The molecule has 0 spiro atoms. The highest BCUT2D eigenvalue weighted by atomic mass is 31.2. The Morgan fingerprint density at radius 3 is 1.36 bits per heavy atom. The van der Waals surface area contributed by atoms with Crippen LogP contribution in [-0.4, -0.2) is 36.0 Å². The zero-order valence-electron chi connectivity index (χ0n) is 5.82. The van der Waals surface area contributed by atoms with Crippen molar-refractivity contribution >= 4 is 23.5 Å². The molecule has 0 saturated heterocycles. The molecule has 5 heteroatoms. The fourth-order valence-electron chi connectivity index (χ4n) is 1.15. The second kappa shape index (κ2) is 1.53. The third-order valence-electron chi connectivity index (χ3n) is 1.99. The van der Waals surface area contributed by atoms with Gasteiger partial charge >= 0.3 is 0 Å². The number of nitrogens with zero attached hydrogens (tertiary/aromatic N) is 3. The van der Waals surface area contributed by atoms with Gasteiger partial charge in [-0.3, -0.25) is 15.0 Å². The van der Waals surface area contributed by atoms with Crippen LogP contribution in [0.2, 0.25) is 0 Å². The van der Waals surface area contributed by atoms with Gasteiger partial charge in [-0.05, 0) is 0 Å². The van der Waals surface area contributed by atoms with Crippen LogP contribution in [0.25, 0.3) is 0 Å². The van der Waals surface area contributed by atoms with E-state index in [1.165, 1.54) is 0 Å². The fourth-order valence-corrected chi connectivity index (χ4v) is 3.45. The highest BCUT2D eigenvalue weighted by Gasteiger charge is 2.49. The summed E-state index contributed by atoms with van der Waals surface area (Å²) in [6.07, 6.45) is 0. The van der Waals surface area contributed by atoms with Gasteiger partial charge in [0.15, 0.2) is 0 Å². The Hall–Kier alpha value is -0.760. The van der Waals surface area contributed by atoms with E-state index in [1.54, 1.807) is 0 Å². The molecule has 11 heavy (non-hydrogen) atoms. The van der Waals surface area contributed by atoms with E-state index in [9.17, 15) is 4.57 Å². The molecule has 0 atom stereocenters. The van der Waals surface area contributed by atoms with E-state index < -0.39 is 7.14 Å². The summed E-state index contributed by atoms with van der Waals surface area (Å²) in [6, 6.07) is 0. The lowest BCUT2D eigenvalue weighted by Gasteiger charge is -1.99. The number of hydrogen-bond donors (Lipinski definition) is 0. The molecular formula is C6H6N3OP. The van der Waals surface area contributed by atoms with Gasteiger partial charge in [-0.2, -0.15) is 0 Å². The predicted molar refractivity (Wildman–Crippen MR) is 44.5 cm³/mol. The van der Waals surface area contributed by atoms with E-state index in [0.29, 0.717) is 19.6 Å². The van der Waals surface area contributed by atoms with Gasteiger partial charge in [0.25, 0.3) is 0 Å². The molecule has 3 heterocycles. The number of rotatable bonds is 3. The first-order valence-electron chi connectivity index (χ1n) is 3.53. The maximum Gasteiger partial charge on any atom is 0.215 e. The zero-order valence-corrected chi connectivity index (χ0v) is 6.71. The summed E-state index contributed by atoms with van der Waals surface area (Å²) in [5.74, 6) is 0. The monoisotopic (exact) mass is 167 g/mol. The minimum Gasteiger partial charge on any atom is -0.305 e. The van der Waals surface area contributed by atoms with E-state index in [0.717, 1.165) is 16.4 Å². The van der Waals surface area contributed by atoms with Crippen LogP contribution in [0.1, 0.15) is 0 Å². The van der Waals surface area contributed by atoms with Crippen LogP contribution in [0.15, 0.2) is 15.0 Å². The third-order valence-corrected chi connectivity index (χ3v) is 5.02. The molecule has 0 aliphatic carbocycles. The molecule has 0 amide bonds. The van der Waals surface area contributed by atoms with Gasteiger partial charge in [0.2, 0.25) is 7.14 Å². The summed E-state index contributed by atoms with van der Waals surface area (Å²) < 4.78 is 12.1. The maximum atomic E-state index is 12.1. The molecule has 0 aromatic heterocycles. The van der Waals surface area contributed by atoms with Gasteiger partial charge in [-0.15, -0.1) is 0 Å². The highest BCUT2D eigenvalue weighted by molar-refractivity contribution is 8.08. The van der Waals surface area contributed by atoms with Crippen LogP contribution < -0.4 is 0 Å². The van der Waals surface area contributed by atoms with E-state index in [-0.39, 0.29) is 0 Å². The van der Waals surface area contributed by atoms with Gasteiger partial charge in [0.05, 0.1) is 19.6 Å². The predicted octanol–water partition coefficient (Wildman–Crippen LogP) is 0.586. The molecule has 4 nitrogen and oxygen atoms in total. The van der Waals surface area contributed by atoms with Crippen molar-refractivity contribution in [2.24, 2.45) is 15.0 Å². The molecule has 0 aromatic carbocycles. The summed E-state index contributed by atoms with van der Waals surface area (Å²) in [7, 11) is -2.35. The quantitative estimate of drug-likeness (QED) is 0.567. The average Bonchev–Trinajstić information content (AvgIpc) is 2.81. The SMILES string of the molecule is O=P(C1=NC1)(C1=NC1)C1=NC1. The molecular weight excluding hydrogens is 161 g/mol. The lowest BCUT2D eigenvalue weighted by molar-refractivity contribution is 0.597. The zero-order chi connectivity index (χ0) is 7.47. The van der Waals surface area contributed by atoms with Crippen LogP contribution in [0.3, 0.4) is 0 Å². The Morgan fingerprint density at radius 1 is 0.909 bits per heavy atom. The van der Waals surface area contributed by atoms with E-state index in [4.69, 9.17) is 0 Å². The maximum absolute atomic E-state index is 12.1. The highest BCUT2D eigenvalue weighted by Crippen LogP contribution is 2.59. The first-order valence-corrected chi connectivity index (χ1v) is 5.24. The second-order valence-corrected chi connectivity index (χ2v) is 5.57. The van der Waals surface area contributed by atoms with Crippen molar-refractivity contribution in [3.05, 3.63) is 0 Å². The molecule has 0 bridgehead atoms. The largest absolute Gasteiger partial charge is 0.305 e. The minimum absolute atomic E-state index is 0.676. The third kappa shape index (κ3) is 0.703. The van der Waals surface area contributed by atoms with Gasteiger partial charge in [0.1, 0.15) is 16.4 Å². The van der Waals surface area contributed by atoms with Crippen molar-refractivity contribution < 1.29 is 4.57 Å². The standard InChI is InChI=1S/C6H6N3OP/c10-11(4-1-7-4,5-2-8-5)6-3-9-6/h1-3H2. The van der Waals surface area contributed by atoms with Crippen LogP contribution in [0.5, 0.6) is 0 Å². The normalized spacial score (nSPS) is 25.3. The molecule has 0 fully saturated rings. The molecule has 3 aliphatic heterocycles. The summed E-state index contributed by atoms with van der Waals surface area (Å²) in [5, 5.41) is 0. The van der Waals surface area contributed by atoms with Gasteiger partial charge in [0, 0.05) is 0 Å². The lowest BCUT2D eigenvalue weighted by Crippen LogP contribution is -2.00. The molecule has 3 aliphatic rings. The Morgan fingerprint density at radius 2 is 1.18 bits per heavy atom. The average molecular weight is 167 g/mol. The molecule has 0 aromatic rings. The summed E-state index contributed by atoms with van der Waals surface area (Å²) in [5.41, 5.74) is 2.56. The second-order valence-electron chi connectivity index (χ2n) is 2.81. The van der Waals surface area contributed by atoms with Gasteiger partial charge < -0.3 is 4.57 Å². The van der Waals surface area contributed by atoms with E-state index in [1.807, 2.05) is 0 Å². The van der Waals surface area contributed by atoms with Gasteiger partial charge in [-0.25, -0.2) is 0 Å². The van der Waals surface area contributed by atoms with Gasteiger partial charge in [-0.1, -0.05) is 0 Å². The molecule has 56 valence electrons. The van der Waals surface area contributed by atoms with Crippen molar-refractivity contribution in [2.45, 2.75) is 0 Å². The van der Waals surface area contributed by atoms with Crippen molar-refractivity contribution in [3.8, 4) is 0 Å². The Bertz CT molecular complexity index is 322. The topological polar surface area (TPSA) is 54.1 Å². The Balaban J connectivity index is 2.08. The van der Waals surface area contributed by atoms with Crippen LogP contribution in [-0.2, 0) is 4.57 Å². The number of hydrogen-bond acceptors (Lipinski definition) is 4. The first kappa shape index (κ1) is 5.84. The Labute approximate surface area is 63.5 Å². The first-order chi connectivity index (χ1) is 5.32. The van der Waals surface area contributed by atoms with Crippen LogP contribution in [0, 0.1) is 0 Å². The Kier molecular flexibility index (Phi) is 0.812. The van der Waals surface area contributed by atoms with Crippen LogP contribution in [0.4, 0.5) is 0 Å². The molecule has 3 rings (SSSR count). The summed E-state index contributed by atoms with van der Waals surface area (Å²) in [6.45, 7) is 2.03. The van der Waals surface area contributed by atoms with Crippen LogP contribution >= 0.6 is 7.14 Å². The smallest absolute Gasteiger partial charge is 0.215 e. The molecule has 0 saturated carbocycles. The summed E-state index contributed by atoms with van der Waals surface area (Å²) >= 11 is 0. The molecule has 0 radical (unpaired) electrons. The van der Waals surface area contributed by atoms with Crippen molar-refractivity contribution in [2.75, 3.05) is 19.6 Å².